The predicted molar refractivity (Wildman–Crippen MR) is 103 cm³/mol. The number of urea groups is 1. The second kappa shape index (κ2) is 9.59. The average Bonchev–Trinajstić information content (AvgIpc) is 3.04. The number of benzene rings is 1. The summed E-state index contributed by atoms with van der Waals surface area (Å²) < 4.78 is 5.34. The molecule has 1 atom stereocenters. The molecule has 4 N–H and O–H groups in total. The average molecular weight is 387 g/mol. The molecule has 0 aliphatic carbocycles. The van der Waals surface area contributed by atoms with E-state index >= 15 is 0 Å². The summed E-state index contributed by atoms with van der Waals surface area (Å²) in [5.74, 6) is -1.00. The van der Waals surface area contributed by atoms with Gasteiger partial charge in [-0.15, -0.1) is 0 Å². The number of aryl methyl sites for hydroxylation is 1. The molecule has 1 aromatic heterocycles. The molecule has 28 heavy (non-hydrogen) atoms. The Hall–Kier alpha value is -3.29. The highest BCUT2D eigenvalue weighted by Gasteiger charge is 2.24. The molecule has 1 aromatic carbocycles. The second-order valence-corrected chi connectivity index (χ2v) is 6.74. The Bertz CT molecular complexity index is 830. The van der Waals surface area contributed by atoms with Crippen LogP contribution in [0, 0.1) is 12.8 Å². The van der Waals surface area contributed by atoms with Gasteiger partial charge in [-0.1, -0.05) is 44.2 Å². The topological polar surface area (TPSA) is 121 Å². The molecule has 150 valence electrons. The number of nitrogens with one attached hydrogen (secondary N) is 3. The van der Waals surface area contributed by atoms with Crippen LogP contribution in [0.25, 0.3) is 0 Å². The number of carbonyl (C=O) groups excluding carboxylic acids is 2. The van der Waals surface area contributed by atoms with Crippen LogP contribution in [-0.2, 0) is 17.9 Å². The quantitative estimate of drug-likeness (QED) is 0.554. The zero-order valence-corrected chi connectivity index (χ0v) is 16.1. The first-order valence-electron chi connectivity index (χ1n) is 8.96. The highest BCUT2D eigenvalue weighted by Crippen LogP contribution is 2.14. The van der Waals surface area contributed by atoms with Crippen LogP contribution in [0.5, 0.6) is 0 Å². The van der Waals surface area contributed by atoms with Crippen molar-refractivity contribution in [2.24, 2.45) is 5.92 Å². The van der Waals surface area contributed by atoms with Gasteiger partial charge >= 0.3 is 12.0 Å². The second-order valence-electron chi connectivity index (χ2n) is 6.74. The molecule has 0 radical (unpaired) electrons. The smallest absolute Gasteiger partial charge is 0.339 e. The van der Waals surface area contributed by atoms with Crippen LogP contribution in [0.1, 0.15) is 41.3 Å². The van der Waals surface area contributed by atoms with Crippen LogP contribution in [-0.4, -0.2) is 29.1 Å². The van der Waals surface area contributed by atoms with Gasteiger partial charge in [0.05, 0.1) is 6.54 Å². The van der Waals surface area contributed by atoms with E-state index in [-0.39, 0.29) is 29.7 Å². The molecular formula is C20H25N3O5. The number of carboxylic acids is 1. The number of rotatable bonds is 8. The highest BCUT2D eigenvalue weighted by atomic mass is 16.4. The Balaban J connectivity index is 1.89. The highest BCUT2D eigenvalue weighted by molar-refractivity contribution is 5.89. The molecule has 0 aliphatic heterocycles. The van der Waals surface area contributed by atoms with Gasteiger partial charge in [0.2, 0.25) is 5.91 Å². The van der Waals surface area contributed by atoms with Crippen molar-refractivity contribution in [3.8, 4) is 0 Å². The lowest BCUT2D eigenvalue weighted by atomic mass is 10.0. The van der Waals surface area contributed by atoms with E-state index in [0.717, 1.165) is 5.56 Å². The van der Waals surface area contributed by atoms with E-state index in [0.29, 0.717) is 12.3 Å². The number of carbonyl (C=O) groups is 3. The van der Waals surface area contributed by atoms with Gasteiger partial charge in [0, 0.05) is 6.54 Å². The third-order valence-electron chi connectivity index (χ3n) is 4.17. The third kappa shape index (κ3) is 5.87. The van der Waals surface area contributed by atoms with E-state index < -0.39 is 18.0 Å². The summed E-state index contributed by atoms with van der Waals surface area (Å²) in [5.41, 5.74) is 1.01. The molecular weight excluding hydrogens is 362 g/mol. The zero-order valence-electron chi connectivity index (χ0n) is 16.1. The number of aromatic carboxylic acids is 1. The molecule has 3 amide bonds. The van der Waals surface area contributed by atoms with Gasteiger partial charge in [-0.3, -0.25) is 4.79 Å². The van der Waals surface area contributed by atoms with E-state index in [9.17, 15) is 14.4 Å². The van der Waals surface area contributed by atoms with E-state index in [1.165, 1.54) is 6.07 Å². The lowest BCUT2D eigenvalue weighted by molar-refractivity contribution is -0.124. The molecule has 0 bridgehead atoms. The van der Waals surface area contributed by atoms with E-state index in [4.69, 9.17) is 9.52 Å². The number of hydrogen-bond acceptors (Lipinski definition) is 4. The van der Waals surface area contributed by atoms with Crippen LogP contribution in [0.3, 0.4) is 0 Å². The fourth-order valence-corrected chi connectivity index (χ4v) is 2.63. The van der Waals surface area contributed by atoms with Crippen LogP contribution in [0.15, 0.2) is 40.8 Å². The fraction of sp³-hybridized carbons (Fsp3) is 0.350. The third-order valence-corrected chi connectivity index (χ3v) is 4.17. The number of furan rings is 1. The van der Waals surface area contributed by atoms with Gasteiger partial charge in [0.1, 0.15) is 23.1 Å². The number of amides is 3. The number of carboxylic acid groups (broad SMARTS) is 1. The van der Waals surface area contributed by atoms with E-state index in [2.05, 4.69) is 16.0 Å². The SMILES string of the molecule is Cc1oc(CNC(=O)C(NC(=O)NCc2ccccc2)C(C)C)cc1C(=O)O. The van der Waals surface area contributed by atoms with Crippen molar-refractivity contribution >= 4 is 17.9 Å². The first-order chi connectivity index (χ1) is 13.3. The van der Waals surface area contributed by atoms with Gasteiger partial charge < -0.3 is 25.5 Å². The minimum absolute atomic E-state index is 0.0312. The van der Waals surface area contributed by atoms with Gasteiger partial charge in [-0.25, -0.2) is 9.59 Å². The lowest BCUT2D eigenvalue weighted by Gasteiger charge is -2.21. The normalized spacial score (nSPS) is 11.7. The maximum absolute atomic E-state index is 12.5. The Morgan fingerprint density at radius 3 is 2.32 bits per heavy atom. The molecule has 2 rings (SSSR count). The molecule has 0 saturated carbocycles. The van der Waals surface area contributed by atoms with Gasteiger partial charge in [0.25, 0.3) is 0 Å². The van der Waals surface area contributed by atoms with Gasteiger partial charge in [-0.05, 0) is 24.5 Å². The van der Waals surface area contributed by atoms with Crippen molar-refractivity contribution in [3.05, 3.63) is 59.0 Å². The summed E-state index contributed by atoms with van der Waals surface area (Å²) in [4.78, 5) is 35.7. The molecule has 0 saturated heterocycles. The van der Waals surface area contributed by atoms with Crippen LogP contribution in [0.4, 0.5) is 4.79 Å². The summed E-state index contributed by atoms with van der Waals surface area (Å²) >= 11 is 0. The summed E-state index contributed by atoms with van der Waals surface area (Å²) in [7, 11) is 0. The molecule has 0 aliphatic rings. The van der Waals surface area contributed by atoms with Crippen molar-refractivity contribution in [3.63, 3.8) is 0 Å². The molecule has 0 fully saturated rings. The summed E-state index contributed by atoms with van der Waals surface area (Å²) in [5, 5.41) is 17.1. The molecule has 1 unspecified atom stereocenters. The van der Waals surface area contributed by atoms with Crippen molar-refractivity contribution in [2.45, 2.75) is 39.9 Å². The molecule has 1 heterocycles. The molecule has 8 nitrogen and oxygen atoms in total. The Kier molecular flexibility index (Phi) is 7.20. The van der Waals surface area contributed by atoms with Crippen molar-refractivity contribution < 1.29 is 23.9 Å². The van der Waals surface area contributed by atoms with Crippen molar-refractivity contribution in [1.82, 2.24) is 16.0 Å². The summed E-state index contributed by atoms with van der Waals surface area (Å²) in [6.45, 7) is 5.57. The van der Waals surface area contributed by atoms with Crippen LogP contribution in [0.2, 0.25) is 0 Å². The first kappa shape index (κ1) is 21.0. The summed E-state index contributed by atoms with van der Waals surface area (Å²) in [6.07, 6.45) is 0. The van der Waals surface area contributed by atoms with Gasteiger partial charge in [-0.2, -0.15) is 0 Å². The van der Waals surface area contributed by atoms with Crippen LogP contribution < -0.4 is 16.0 Å². The van der Waals surface area contributed by atoms with Gasteiger partial charge in [0.15, 0.2) is 0 Å². The van der Waals surface area contributed by atoms with Crippen LogP contribution >= 0.6 is 0 Å². The Morgan fingerprint density at radius 1 is 1.07 bits per heavy atom. The van der Waals surface area contributed by atoms with E-state index in [1.54, 1.807) is 6.92 Å². The molecule has 0 spiro atoms. The van der Waals surface area contributed by atoms with Crippen molar-refractivity contribution in [1.29, 1.82) is 0 Å². The van der Waals surface area contributed by atoms with E-state index in [1.807, 2.05) is 44.2 Å². The monoisotopic (exact) mass is 387 g/mol. The Morgan fingerprint density at radius 2 is 1.75 bits per heavy atom. The summed E-state index contributed by atoms with van der Waals surface area (Å²) in [6, 6.07) is 9.63. The maximum atomic E-state index is 12.5. The zero-order chi connectivity index (χ0) is 20.7. The molecule has 8 heteroatoms. The number of hydrogen-bond donors (Lipinski definition) is 4. The Labute approximate surface area is 163 Å². The minimum atomic E-state index is -1.09. The van der Waals surface area contributed by atoms with Crippen molar-refractivity contribution in [2.75, 3.05) is 0 Å². The standard InChI is InChI=1S/C20H25N3O5/c1-12(2)17(23-20(27)22-10-14-7-5-4-6-8-14)18(24)21-11-15-9-16(19(25)26)13(3)28-15/h4-9,12,17H,10-11H2,1-3H3,(H,21,24)(H,25,26)(H2,22,23,27). The largest absolute Gasteiger partial charge is 0.478 e. The fourth-order valence-electron chi connectivity index (χ4n) is 2.63. The minimum Gasteiger partial charge on any atom is -0.478 e. The first-order valence-corrected chi connectivity index (χ1v) is 8.96. The lowest BCUT2D eigenvalue weighted by Crippen LogP contribution is -2.52. The maximum Gasteiger partial charge on any atom is 0.339 e. The predicted octanol–water partition coefficient (Wildman–Crippen LogP) is 2.43. The molecule has 2 aromatic rings.